The molecule has 0 bridgehead atoms. The Morgan fingerprint density at radius 1 is 0.909 bits per heavy atom. The van der Waals surface area contributed by atoms with Crippen molar-refractivity contribution in [2.75, 3.05) is 63.8 Å². The standard InChI is InChI=1S/C32H42BIN2O8/c1-32(2,3)44-17-16-40-14-15-41-21-23(19-36(29(37)18-33)20-30(38)42-13-12-34)35-31(39)43-22-28-26-10-6-4-8-24(26)25-9-5-7-11-27(25)28/h4-11,23,28H,12-22H2,1-3H3,(H,35,39). The molecule has 1 unspecified atom stereocenters. The van der Waals surface area contributed by atoms with Gasteiger partial charge >= 0.3 is 12.1 Å². The Morgan fingerprint density at radius 2 is 1.52 bits per heavy atom. The Morgan fingerprint density at radius 3 is 2.14 bits per heavy atom. The van der Waals surface area contributed by atoms with Gasteiger partial charge in [-0.2, -0.15) is 0 Å². The van der Waals surface area contributed by atoms with E-state index in [4.69, 9.17) is 31.5 Å². The Bertz CT molecular complexity index is 1180. The fourth-order valence-corrected chi connectivity index (χ4v) is 5.02. The summed E-state index contributed by atoms with van der Waals surface area (Å²) in [6.07, 6.45) is -0.966. The minimum Gasteiger partial charge on any atom is -0.464 e. The Labute approximate surface area is 275 Å². The van der Waals surface area contributed by atoms with E-state index in [1.807, 2.05) is 57.2 Å². The highest BCUT2D eigenvalue weighted by atomic mass is 127. The Hall–Kier alpha value is -2.68. The van der Waals surface area contributed by atoms with Crippen molar-refractivity contribution >= 4 is 48.4 Å². The summed E-state index contributed by atoms with van der Waals surface area (Å²) in [7, 11) is 5.61. The van der Waals surface area contributed by atoms with Crippen molar-refractivity contribution in [1.82, 2.24) is 10.2 Å². The van der Waals surface area contributed by atoms with Crippen LogP contribution in [0.1, 0.15) is 37.8 Å². The number of hydrogen-bond acceptors (Lipinski definition) is 8. The number of ether oxygens (including phenoxy) is 5. The van der Waals surface area contributed by atoms with Crippen LogP contribution < -0.4 is 5.32 Å². The molecular formula is C32H42BIN2O8. The highest BCUT2D eigenvalue weighted by Crippen LogP contribution is 2.44. The van der Waals surface area contributed by atoms with Gasteiger partial charge in [0.2, 0.25) is 5.91 Å². The number of halogens is 1. The summed E-state index contributed by atoms with van der Waals surface area (Å²) in [5.41, 5.74) is 4.20. The van der Waals surface area contributed by atoms with Crippen LogP contribution in [0.4, 0.5) is 4.79 Å². The molecule has 3 rings (SSSR count). The monoisotopic (exact) mass is 720 g/mol. The first-order valence-electron chi connectivity index (χ1n) is 14.7. The predicted molar refractivity (Wildman–Crippen MR) is 176 cm³/mol. The van der Waals surface area contributed by atoms with Gasteiger partial charge < -0.3 is 33.9 Å². The van der Waals surface area contributed by atoms with Gasteiger partial charge in [0.15, 0.2) is 0 Å². The molecule has 2 amide bonds. The summed E-state index contributed by atoms with van der Waals surface area (Å²) < 4.78 is 28.5. The lowest BCUT2D eigenvalue weighted by molar-refractivity contribution is -0.148. The molecular weight excluding hydrogens is 678 g/mol. The maximum atomic E-state index is 13.1. The second kappa shape index (κ2) is 18.3. The molecule has 0 saturated carbocycles. The molecule has 1 N–H and O–H groups in total. The quantitative estimate of drug-likeness (QED) is 0.0805. The zero-order valence-corrected chi connectivity index (χ0v) is 27.9. The maximum Gasteiger partial charge on any atom is 0.407 e. The molecule has 0 saturated heterocycles. The van der Waals surface area contributed by atoms with Gasteiger partial charge in [0, 0.05) is 16.9 Å². The number of alkyl halides is 1. The maximum absolute atomic E-state index is 13.1. The van der Waals surface area contributed by atoms with Gasteiger partial charge in [-0.15, -0.1) is 0 Å². The second-order valence-corrected chi connectivity index (χ2v) is 12.3. The smallest absolute Gasteiger partial charge is 0.407 e. The van der Waals surface area contributed by atoms with E-state index >= 15 is 0 Å². The first-order valence-corrected chi connectivity index (χ1v) is 16.3. The molecule has 0 fully saturated rings. The molecule has 10 nitrogen and oxygen atoms in total. The summed E-state index contributed by atoms with van der Waals surface area (Å²) in [6.45, 7) is 7.45. The molecule has 0 heterocycles. The lowest BCUT2D eigenvalue weighted by Gasteiger charge is -2.27. The normalized spacial score (nSPS) is 13.1. The number of nitrogens with one attached hydrogen (secondary N) is 1. The van der Waals surface area contributed by atoms with Gasteiger partial charge in [-0.05, 0) is 49.3 Å². The highest BCUT2D eigenvalue weighted by molar-refractivity contribution is 14.1. The minimum atomic E-state index is -0.692. The summed E-state index contributed by atoms with van der Waals surface area (Å²) >= 11 is 2.09. The van der Waals surface area contributed by atoms with Crippen molar-refractivity contribution in [3.05, 3.63) is 59.7 Å². The molecule has 2 aromatic rings. The number of amides is 2. The topological polar surface area (TPSA) is 113 Å². The van der Waals surface area contributed by atoms with Gasteiger partial charge in [0.05, 0.1) is 52.5 Å². The Balaban J connectivity index is 1.60. The number of fused-ring (bicyclic) bond motifs is 3. The van der Waals surface area contributed by atoms with Crippen molar-refractivity contribution in [1.29, 1.82) is 0 Å². The predicted octanol–water partition coefficient (Wildman–Crippen LogP) is 4.14. The van der Waals surface area contributed by atoms with Crippen molar-refractivity contribution in [3.8, 4) is 11.1 Å². The fourth-order valence-electron chi connectivity index (χ4n) is 4.80. The zero-order valence-electron chi connectivity index (χ0n) is 25.7. The summed E-state index contributed by atoms with van der Waals surface area (Å²) in [5.74, 6) is -1.13. The molecule has 12 heteroatoms. The first-order chi connectivity index (χ1) is 21.1. The summed E-state index contributed by atoms with van der Waals surface area (Å²) in [4.78, 5) is 39.2. The van der Waals surface area contributed by atoms with Gasteiger partial charge in [-0.3, -0.25) is 9.59 Å². The number of nitrogens with zero attached hydrogens (tertiary/aromatic N) is 1. The number of rotatable bonds is 18. The van der Waals surface area contributed by atoms with E-state index in [1.54, 1.807) is 0 Å². The van der Waals surface area contributed by atoms with E-state index in [2.05, 4.69) is 40.0 Å². The number of carbonyl (C=O) groups excluding carboxylic acids is 3. The number of carbonyl (C=O) groups is 3. The SMILES string of the molecule is [B]CC(=O)N(CC(=O)OCCI)CC(COCCOCCOC(C)(C)C)NC(=O)OCC1c2ccccc2-c2ccccc21. The highest BCUT2D eigenvalue weighted by Gasteiger charge is 2.30. The lowest BCUT2D eigenvalue weighted by atomic mass is 9.98. The van der Waals surface area contributed by atoms with Crippen molar-refractivity contribution < 1.29 is 38.1 Å². The third kappa shape index (κ3) is 11.7. The summed E-state index contributed by atoms with van der Waals surface area (Å²) in [6, 6.07) is 15.5. The molecule has 238 valence electrons. The van der Waals surface area contributed by atoms with Crippen LogP contribution in [0.2, 0.25) is 6.32 Å². The van der Waals surface area contributed by atoms with E-state index < -0.39 is 24.0 Å². The van der Waals surface area contributed by atoms with Crippen LogP contribution >= 0.6 is 22.6 Å². The second-order valence-electron chi connectivity index (χ2n) is 11.2. The third-order valence-corrected chi connectivity index (χ3v) is 7.19. The van der Waals surface area contributed by atoms with Gasteiger partial charge in [-0.25, -0.2) is 4.79 Å². The fraction of sp³-hybridized carbons (Fsp3) is 0.531. The molecule has 0 aliphatic heterocycles. The van der Waals surface area contributed by atoms with Crippen LogP contribution in [-0.2, 0) is 33.3 Å². The Kier molecular flexibility index (Phi) is 14.9. The largest absolute Gasteiger partial charge is 0.464 e. The average molecular weight is 720 g/mol. The first kappa shape index (κ1) is 35.8. The zero-order chi connectivity index (χ0) is 32.0. The van der Waals surface area contributed by atoms with Crippen LogP contribution in [0.5, 0.6) is 0 Å². The molecule has 1 aliphatic rings. The van der Waals surface area contributed by atoms with Crippen LogP contribution in [0, 0.1) is 0 Å². The van der Waals surface area contributed by atoms with Crippen molar-refractivity contribution in [2.45, 2.75) is 44.7 Å². The van der Waals surface area contributed by atoms with E-state index in [9.17, 15) is 14.4 Å². The van der Waals surface area contributed by atoms with E-state index in [1.165, 1.54) is 4.90 Å². The van der Waals surface area contributed by atoms with Crippen LogP contribution in [0.25, 0.3) is 11.1 Å². The number of hydrogen-bond donors (Lipinski definition) is 1. The van der Waals surface area contributed by atoms with Crippen LogP contribution in [0.15, 0.2) is 48.5 Å². The van der Waals surface area contributed by atoms with E-state index in [-0.39, 0.29) is 57.4 Å². The molecule has 44 heavy (non-hydrogen) atoms. The molecule has 0 spiro atoms. The minimum absolute atomic E-state index is 0.0279. The van der Waals surface area contributed by atoms with Crippen molar-refractivity contribution in [2.24, 2.45) is 0 Å². The summed E-state index contributed by atoms with van der Waals surface area (Å²) in [5, 5.41) is 2.81. The van der Waals surface area contributed by atoms with E-state index in [0.29, 0.717) is 24.2 Å². The van der Waals surface area contributed by atoms with Gasteiger partial charge in [-0.1, -0.05) is 71.1 Å². The van der Waals surface area contributed by atoms with Crippen LogP contribution in [-0.4, -0.2) is 106 Å². The average Bonchev–Trinajstić information content (AvgIpc) is 3.32. The van der Waals surface area contributed by atoms with Gasteiger partial charge in [0.1, 0.15) is 19.8 Å². The number of benzene rings is 2. The molecule has 2 aromatic carbocycles. The lowest BCUT2D eigenvalue weighted by Crippen LogP contribution is -2.50. The number of esters is 1. The van der Waals surface area contributed by atoms with Crippen molar-refractivity contribution in [3.63, 3.8) is 0 Å². The number of alkyl carbamates (subject to hydrolysis) is 1. The van der Waals surface area contributed by atoms with Gasteiger partial charge in [0.25, 0.3) is 0 Å². The van der Waals surface area contributed by atoms with Crippen LogP contribution in [0.3, 0.4) is 0 Å². The molecule has 1 aliphatic carbocycles. The molecule has 1 atom stereocenters. The van der Waals surface area contributed by atoms with E-state index in [0.717, 1.165) is 22.3 Å². The third-order valence-electron chi connectivity index (χ3n) is 6.75. The molecule has 2 radical (unpaired) electrons. The molecule has 0 aromatic heterocycles.